The molecule has 0 bridgehead atoms. The summed E-state index contributed by atoms with van der Waals surface area (Å²) in [6.45, 7) is 16.7. The van der Waals surface area contributed by atoms with E-state index >= 15 is 0 Å². The summed E-state index contributed by atoms with van der Waals surface area (Å²) in [5.74, 6) is 3.80. The van der Waals surface area contributed by atoms with Gasteiger partial charge in [-0.05, 0) is 49.1 Å². The fraction of sp³-hybridized carbons (Fsp3) is 0.391. The van der Waals surface area contributed by atoms with Crippen LogP contribution >= 0.6 is 0 Å². The number of allylic oxidation sites excluding steroid dienone is 9. The molecule has 0 saturated heterocycles. The lowest BCUT2D eigenvalue weighted by molar-refractivity contribution is 0.577. The van der Waals surface area contributed by atoms with Crippen molar-refractivity contribution in [3.8, 4) is 12.3 Å². The molecule has 0 radical (unpaired) electrons. The van der Waals surface area contributed by atoms with Crippen LogP contribution < -0.4 is 5.32 Å². The molecule has 0 aromatic rings. The van der Waals surface area contributed by atoms with Crippen LogP contribution in [0.15, 0.2) is 72.2 Å². The summed E-state index contributed by atoms with van der Waals surface area (Å²) >= 11 is 0. The fourth-order valence-corrected chi connectivity index (χ4v) is 2.01. The number of hydrogen-bond donors (Lipinski definition) is 1. The summed E-state index contributed by atoms with van der Waals surface area (Å²) < 4.78 is 0. The van der Waals surface area contributed by atoms with Crippen molar-refractivity contribution in [2.45, 2.75) is 41.5 Å². The number of hydrogen-bond acceptors (Lipinski definition) is 1. The molecular formula is C23H33N. The normalized spacial score (nSPS) is 16.1. The molecule has 0 saturated carbocycles. The molecule has 130 valence electrons. The van der Waals surface area contributed by atoms with Gasteiger partial charge in [0.05, 0.1) is 0 Å². The Hall–Kier alpha value is -2.20. The van der Waals surface area contributed by atoms with Crippen LogP contribution in [0.3, 0.4) is 0 Å². The topological polar surface area (TPSA) is 12.0 Å². The lowest BCUT2D eigenvalue weighted by Crippen LogP contribution is -2.03. The Morgan fingerprint density at radius 3 is 2.21 bits per heavy atom. The standard InChI is InChI=1S/C23H33N/c1-9-12-22(16-18(4)5)23(17-21(8)24-15-10-2)14-13-20(7)19(6)11-3/h3,9-10,12-20,24H,8H2,1-2,4-7H3/b12-9-,14-13-,15-10-,22-16-,23-17+. The summed E-state index contributed by atoms with van der Waals surface area (Å²) in [5, 5.41) is 3.17. The zero-order valence-electron chi connectivity index (χ0n) is 16.1. The van der Waals surface area contributed by atoms with Crippen LogP contribution in [0.2, 0.25) is 0 Å². The molecule has 0 aromatic carbocycles. The van der Waals surface area contributed by atoms with Gasteiger partial charge in [-0.25, -0.2) is 0 Å². The second kappa shape index (κ2) is 12.3. The van der Waals surface area contributed by atoms with E-state index in [1.165, 1.54) is 5.57 Å². The first-order valence-electron chi connectivity index (χ1n) is 8.63. The van der Waals surface area contributed by atoms with E-state index in [4.69, 9.17) is 6.42 Å². The molecule has 0 amide bonds. The minimum Gasteiger partial charge on any atom is -0.362 e. The van der Waals surface area contributed by atoms with Crippen LogP contribution in [-0.2, 0) is 0 Å². The Morgan fingerprint density at radius 2 is 1.71 bits per heavy atom. The maximum absolute atomic E-state index is 5.54. The quantitative estimate of drug-likeness (QED) is 0.395. The Kier molecular flexibility index (Phi) is 11.1. The molecule has 0 fully saturated rings. The van der Waals surface area contributed by atoms with Gasteiger partial charge in [0.1, 0.15) is 0 Å². The Balaban J connectivity index is 5.74. The molecule has 1 N–H and O–H groups in total. The van der Waals surface area contributed by atoms with Gasteiger partial charge in [-0.1, -0.05) is 70.7 Å². The second-order valence-electron chi connectivity index (χ2n) is 6.31. The highest BCUT2D eigenvalue weighted by molar-refractivity contribution is 5.49. The van der Waals surface area contributed by atoms with Crippen LogP contribution in [0.4, 0.5) is 0 Å². The summed E-state index contributed by atoms with van der Waals surface area (Å²) in [6, 6.07) is 0. The average Bonchev–Trinajstić information content (AvgIpc) is 2.54. The summed E-state index contributed by atoms with van der Waals surface area (Å²) in [4.78, 5) is 0. The predicted octanol–water partition coefficient (Wildman–Crippen LogP) is 6.17. The molecule has 2 atom stereocenters. The molecule has 1 heteroatoms. The molecule has 0 aliphatic carbocycles. The Morgan fingerprint density at radius 1 is 1.04 bits per heavy atom. The summed E-state index contributed by atoms with van der Waals surface area (Å²) in [5.41, 5.74) is 3.16. The number of nitrogens with one attached hydrogen (secondary N) is 1. The second-order valence-corrected chi connectivity index (χ2v) is 6.31. The number of rotatable bonds is 9. The highest BCUT2D eigenvalue weighted by atomic mass is 14.8. The molecule has 24 heavy (non-hydrogen) atoms. The van der Waals surface area contributed by atoms with Gasteiger partial charge in [-0.3, -0.25) is 0 Å². The SMILES string of the molecule is C#CC(C)C(C)\C=C/C(=C\C(=C)N/C=C\C)C(/C=C\C)=C\C(C)C. The van der Waals surface area contributed by atoms with Crippen molar-refractivity contribution in [1.82, 2.24) is 5.32 Å². The van der Waals surface area contributed by atoms with Gasteiger partial charge < -0.3 is 5.32 Å². The van der Waals surface area contributed by atoms with Crippen molar-refractivity contribution in [2.24, 2.45) is 17.8 Å². The molecule has 0 spiro atoms. The first-order valence-corrected chi connectivity index (χ1v) is 8.63. The van der Waals surface area contributed by atoms with Crippen molar-refractivity contribution in [1.29, 1.82) is 0 Å². The van der Waals surface area contributed by atoms with E-state index in [2.05, 4.69) is 82.0 Å². The molecule has 0 aliphatic rings. The van der Waals surface area contributed by atoms with Crippen LogP contribution in [0.25, 0.3) is 0 Å². The van der Waals surface area contributed by atoms with E-state index in [1.807, 2.05) is 26.1 Å². The van der Waals surface area contributed by atoms with Crippen molar-refractivity contribution in [2.75, 3.05) is 0 Å². The highest BCUT2D eigenvalue weighted by Crippen LogP contribution is 2.20. The van der Waals surface area contributed by atoms with E-state index < -0.39 is 0 Å². The third kappa shape index (κ3) is 9.06. The smallest absolute Gasteiger partial charge is 0.0312 e. The molecule has 0 aliphatic heterocycles. The monoisotopic (exact) mass is 323 g/mol. The molecular weight excluding hydrogens is 290 g/mol. The zero-order chi connectivity index (χ0) is 18.5. The Labute approximate surface area is 149 Å². The van der Waals surface area contributed by atoms with Gasteiger partial charge in [-0.2, -0.15) is 0 Å². The van der Waals surface area contributed by atoms with Crippen LogP contribution in [0, 0.1) is 30.1 Å². The van der Waals surface area contributed by atoms with Crippen molar-refractivity contribution < 1.29 is 0 Å². The molecule has 1 nitrogen and oxygen atoms in total. The van der Waals surface area contributed by atoms with Gasteiger partial charge in [0.25, 0.3) is 0 Å². The minimum absolute atomic E-state index is 0.214. The maximum atomic E-state index is 5.54. The summed E-state index contributed by atoms with van der Waals surface area (Å²) in [6.07, 6.45) is 22.2. The molecule has 0 aromatic heterocycles. The Bertz CT molecular complexity index is 574. The van der Waals surface area contributed by atoms with E-state index in [1.54, 1.807) is 0 Å². The fourth-order valence-electron chi connectivity index (χ4n) is 2.01. The van der Waals surface area contributed by atoms with Gasteiger partial charge in [0, 0.05) is 11.6 Å². The first kappa shape index (κ1) is 21.8. The predicted molar refractivity (Wildman–Crippen MR) is 109 cm³/mol. The van der Waals surface area contributed by atoms with Crippen molar-refractivity contribution >= 4 is 0 Å². The zero-order valence-corrected chi connectivity index (χ0v) is 16.1. The van der Waals surface area contributed by atoms with E-state index in [9.17, 15) is 0 Å². The largest absolute Gasteiger partial charge is 0.362 e. The van der Waals surface area contributed by atoms with Gasteiger partial charge >= 0.3 is 0 Å². The summed E-state index contributed by atoms with van der Waals surface area (Å²) in [7, 11) is 0. The molecule has 2 unspecified atom stereocenters. The van der Waals surface area contributed by atoms with Gasteiger partial charge in [0.2, 0.25) is 0 Å². The third-order valence-electron chi connectivity index (χ3n) is 3.59. The van der Waals surface area contributed by atoms with E-state index in [-0.39, 0.29) is 5.92 Å². The molecule has 0 rings (SSSR count). The van der Waals surface area contributed by atoms with Crippen LogP contribution in [-0.4, -0.2) is 0 Å². The van der Waals surface area contributed by atoms with Crippen molar-refractivity contribution in [3.63, 3.8) is 0 Å². The maximum Gasteiger partial charge on any atom is 0.0312 e. The van der Waals surface area contributed by atoms with Crippen molar-refractivity contribution in [3.05, 3.63) is 72.2 Å². The van der Waals surface area contributed by atoms with E-state index in [0.717, 1.165) is 11.3 Å². The first-order chi connectivity index (χ1) is 11.3. The minimum atomic E-state index is 0.214. The molecule has 0 heterocycles. The lowest BCUT2D eigenvalue weighted by atomic mass is 9.93. The van der Waals surface area contributed by atoms with Crippen LogP contribution in [0.1, 0.15) is 41.5 Å². The van der Waals surface area contributed by atoms with Gasteiger partial charge in [0.15, 0.2) is 0 Å². The average molecular weight is 324 g/mol. The highest BCUT2D eigenvalue weighted by Gasteiger charge is 2.07. The van der Waals surface area contributed by atoms with Crippen LogP contribution in [0.5, 0.6) is 0 Å². The number of terminal acetylenes is 1. The third-order valence-corrected chi connectivity index (χ3v) is 3.59. The lowest BCUT2D eigenvalue weighted by Gasteiger charge is -2.12. The van der Waals surface area contributed by atoms with Gasteiger partial charge in [-0.15, -0.1) is 12.3 Å². The van der Waals surface area contributed by atoms with E-state index in [0.29, 0.717) is 11.8 Å².